The molecule has 3 aromatic rings. The Bertz CT molecular complexity index is 1430. The fourth-order valence-corrected chi connectivity index (χ4v) is 8.05. The molecule has 3 N–H and O–H groups in total. The molecule has 2 heterocycles. The standard InChI is InChI=1S/C26H29Cl2N5O2S2/c27-23-14-22(24(28)36-23)37(34,35)30-16-18-12-10-17(11-13-18)15-29-26-32-21-9-5-4-8-20(21)25(33-26)31-19-6-2-1-3-7-19/h2,4-9,14,17-18,30H,1,3,10-13,15-16H2,(H2,29,31,32,33). The van der Waals surface area contributed by atoms with E-state index in [0.717, 1.165) is 78.8 Å². The number of sulfonamides is 1. The van der Waals surface area contributed by atoms with E-state index in [-0.39, 0.29) is 9.23 Å². The Kier molecular flexibility index (Phi) is 8.36. The molecule has 0 saturated heterocycles. The number of nitrogens with zero attached hydrogens (tertiary/aromatic N) is 2. The van der Waals surface area contributed by atoms with Crippen LogP contribution in [0.2, 0.25) is 8.67 Å². The van der Waals surface area contributed by atoms with Crippen LogP contribution in [0, 0.1) is 11.8 Å². The number of thiophene rings is 1. The van der Waals surface area contributed by atoms with Crippen molar-refractivity contribution >= 4 is 67.2 Å². The fourth-order valence-electron chi connectivity index (χ4n) is 4.78. The van der Waals surface area contributed by atoms with Crippen molar-refractivity contribution in [3.63, 3.8) is 0 Å². The maximum atomic E-state index is 12.6. The van der Waals surface area contributed by atoms with Crippen LogP contribution in [0.4, 0.5) is 11.8 Å². The van der Waals surface area contributed by atoms with Gasteiger partial charge in [-0.3, -0.25) is 0 Å². The molecular formula is C26H29Cl2N5O2S2. The SMILES string of the molecule is O=S(=O)(NCC1CCC(CNc2nc(NC3=CCCC=C3)c3ccccc3n2)CC1)c1cc(Cl)sc1Cl. The van der Waals surface area contributed by atoms with E-state index in [2.05, 4.69) is 33.6 Å². The van der Waals surface area contributed by atoms with Gasteiger partial charge in [0.05, 0.1) is 9.85 Å². The summed E-state index contributed by atoms with van der Waals surface area (Å²) >= 11 is 13.0. The first-order valence-corrected chi connectivity index (χ1v) is 15.5. The normalized spacial score (nSPS) is 20.1. The van der Waals surface area contributed by atoms with Gasteiger partial charge >= 0.3 is 0 Å². The van der Waals surface area contributed by atoms with Crippen molar-refractivity contribution in [1.82, 2.24) is 14.7 Å². The molecule has 5 rings (SSSR count). The van der Waals surface area contributed by atoms with Crippen molar-refractivity contribution in [2.45, 2.75) is 43.4 Å². The van der Waals surface area contributed by atoms with Gasteiger partial charge in [-0.05, 0) is 74.6 Å². The average molecular weight is 579 g/mol. The van der Waals surface area contributed by atoms with Gasteiger partial charge < -0.3 is 10.6 Å². The zero-order chi connectivity index (χ0) is 25.8. The van der Waals surface area contributed by atoms with E-state index in [1.807, 2.05) is 24.3 Å². The van der Waals surface area contributed by atoms with Gasteiger partial charge in [-0.15, -0.1) is 11.3 Å². The number of para-hydroxylation sites is 1. The quantitative estimate of drug-likeness (QED) is 0.257. The molecule has 2 aliphatic rings. The van der Waals surface area contributed by atoms with Crippen molar-refractivity contribution in [2.75, 3.05) is 23.7 Å². The average Bonchev–Trinajstić information content (AvgIpc) is 3.26. The molecular weight excluding hydrogens is 549 g/mol. The van der Waals surface area contributed by atoms with Crippen LogP contribution >= 0.6 is 34.5 Å². The minimum atomic E-state index is -3.66. The smallest absolute Gasteiger partial charge is 0.242 e. The summed E-state index contributed by atoms with van der Waals surface area (Å²) in [5, 5.41) is 7.90. The molecule has 2 aromatic heterocycles. The second kappa shape index (κ2) is 11.7. The van der Waals surface area contributed by atoms with Crippen LogP contribution in [0.3, 0.4) is 0 Å². The maximum Gasteiger partial charge on any atom is 0.242 e. The molecule has 11 heteroatoms. The van der Waals surface area contributed by atoms with Gasteiger partial charge in [-0.2, -0.15) is 4.98 Å². The number of allylic oxidation sites excluding steroid dienone is 3. The summed E-state index contributed by atoms with van der Waals surface area (Å²) in [6.45, 7) is 1.18. The number of aromatic nitrogens is 2. The summed E-state index contributed by atoms with van der Waals surface area (Å²) in [6.07, 6.45) is 12.5. The Hall–Kier alpha value is -2.17. The third kappa shape index (κ3) is 6.64. The summed E-state index contributed by atoms with van der Waals surface area (Å²) in [6, 6.07) is 9.42. The van der Waals surface area contributed by atoms with E-state index in [9.17, 15) is 8.42 Å². The minimum Gasteiger partial charge on any atom is -0.354 e. The molecule has 0 spiro atoms. The molecule has 1 fully saturated rings. The molecule has 2 aliphatic carbocycles. The zero-order valence-corrected chi connectivity index (χ0v) is 23.4. The molecule has 0 amide bonds. The second-order valence-corrected chi connectivity index (χ2v) is 13.5. The fraction of sp³-hybridized carbons (Fsp3) is 0.385. The lowest BCUT2D eigenvalue weighted by Gasteiger charge is -2.28. The lowest BCUT2D eigenvalue weighted by atomic mass is 9.82. The lowest BCUT2D eigenvalue weighted by molar-refractivity contribution is 0.284. The van der Waals surface area contributed by atoms with Crippen LogP contribution in [0.1, 0.15) is 38.5 Å². The third-order valence-corrected chi connectivity index (χ3v) is 10.0. The molecule has 1 aromatic carbocycles. The van der Waals surface area contributed by atoms with E-state index in [0.29, 0.717) is 28.7 Å². The molecule has 7 nitrogen and oxygen atoms in total. The first-order chi connectivity index (χ1) is 17.9. The van der Waals surface area contributed by atoms with Gasteiger partial charge in [0, 0.05) is 24.2 Å². The summed E-state index contributed by atoms with van der Waals surface area (Å²) in [4.78, 5) is 9.57. The number of hydrogen-bond donors (Lipinski definition) is 3. The van der Waals surface area contributed by atoms with Gasteiger partial charge in [-0.1, -0.05) is 47.5 Å². The number of hydrogen-bond acceptors (Lipinski definition) is 7. The van der Waals surface area contributed by atoms with Crippen molar-refractivity contribution in [2.24, 2.45) is 11.8 Å². The van der Waals surface area contributed by atoms with Crippen LogP contribution in [0.5, 0.6) is 0 Å². The van der Waals surface area contributed by atoms with Crippen LogP contribution in [0.15, 0.2) is 59.2 Å². The number of fused-ring (bicyclic) bond motifs is 1. The molecule has 0 atom stereocenters. The monoisotopic (exact) mass is 577 g/mol. The Morgan fingerprint density at radius 3 is 2.46 bits per heavy atom. The summed E-state index contributed by atoms with van der Waals surface area (Å²) in [5.74, 6) is 2.19. The van der Waals surface area contributed by atoms with E-state index in [4.69, 9.17) is 33.2 Å². The van der Waals surface area contributed by atoms with Crippen molar-refractivity contribution < 1.29 is 8.42 Å². The van der Waals surface area contributed by atoms with Crippen molar-refractivity contribution in [3.8, 4) is 0 Å². The number of nitrogens with one attached hydrogen (secondary N) is 3. The number of anilines is 2. The number of benzene rings is 1. The second-order valence-electron chi connectivity index (χ2n) is 9.49. The largest absolute Gasteiger partial charge is 0.354 e. The summed E-state index contributed by atoms with van der Waals surface area (Å²) in [7, 11) is -3.66. The third-order valence-electron chi connectivity index (χ3n) is 6.85. The molecule has 0 aliphatic heterocycles. The molecule has 0 unspecified atom stereocenters. The summed E-state index contributed by atoms with van der Waals surface area (Å²) < 4.78 is 28.5. The minimum absolute atomic E-state index is 0.0575. The highest BCUT2D eigenvalue weighted by molar-refractivity contribution is 7.89. The van der Waals surface area contributed by atoms with E-state index < -0.39 is 10.0 Å². The summed E-state index contributed by atoms with van der Waals surface area (Å²) in [5.41, 5.74) is 1.95. The number of rotatable bonds is 9. The predicted molar refractivity (Wildman–Crippen MR) is 153 cm³/mol. The van der Waals surface area contributed by atoms with Gasteiger partial charge in [0.2, 0.25) is 16.0 Å². The first kappa shape index (κ1) is 26.4. The van der Waals surface area contributed by atoms with Crippen LogP contribution in [-0.2, 0) is 10.0 Å². The molecule has 196 valence electrons. The van der Waals surface area contributed by atoms with E-state index in [1.54, 1.807) is 0 Å². The topological polar surface area (TPSA) is 96.0 Å². The highest BCUT2D eigenvalue weighted by Gasteiger charge is 2.25. The molecule has 1 saturated carbocycles. The Labute approximate surface area is 231 Å². The van der Waals surface area contributed by atoms with Crippen molar-refractivity contribution in [3.05, 3.63) is 62.9 Å². The van der Waals surface area contributed by atoms with Gasteiger partial charge in [0.1, 0.15) is 15.0 Å². The van der Waals surface area contributed by atoms with Crippen molar-refractivity contribution in [1.29, 1.82) is 0 Å². The molecule has 0 bridgehead atoms. The lowest BCUT2D eigenvalue weighted by Crippen LogP contribution is -2.32. The van der Waals surface area contributed by atoms with Crippen LogP contribution in [0.25, 0.3) is 10.9 Å². The highest BCUT2D eigenvalue weighted by Crippen LogP contribution is 2.35. The van der Waals surface area contributed by atoms with Gasteiger partial charge in [0.15, 0.2) is 0 Å². The van der Waals surface area contributed by atoms with Crippen LogP contribution in [-0.4, -0.2) is 31.5 Å². The highest BCUT2D eigenvalue weighted by atomic mass is 35.5. The van der Waals surface area contributed by atoms with Crippen LogP contribution < -0.4 is 15.4 Å². The van der Waals surface area contributed by atoms with Gasteiger partial charge in [-0.25, -0.2) is 18.1 Å². The van der Waals surface area contributed by atoms with Gasteiger partial charge in [0.25, 0.3) is 0 Å². The zero-order valence-electron chi connectivity index (χ0n) is 20.2. The molecule has 37 heavy (non-hydrogen) atoms. The van der Waals surface area contributed by atoms with E-state index >= 15 is 0 Å². The first-order valence-electron chi connectivity index (χ1n) is 12.5. The van der Waals surface area contributed by atoms with E-state index in [1.165, 1.54) is 6.07 Å². The maximum absolute atomic E-state index is 12.6. The Balaban J connectivity index is 1.15. The Morgan fingerprint density at radius 2 is 1.76 bits per heavy atom. The Morgan fingerprint density at radius 1 is 1.00 bits per heavy atom. The molecule has 0 radical (unpaired) electrons. The number of halogens is 2. The predicted octanol–water partition coefficient (Wildman–Crippen LogP) is 6.84.